The summed E-state index contributed by atoms with van der Waals surface area (Å²) in [6.07, 6.45) is 0.351. The average molecular weight is 582 g/mol. The van der Waals surface area contributed by atoms with E-state index in [1.54, 1.807) is 30.3 Å². The average Bonchev–Trinajstić information content (AvgIpc) is 2.96. The fourth-order valence-corrected chi connectivity index (χ4v) is 5.85. The second-order valence-electron chi connectivity index (χ2n) is 9.96. The molecular weight excluding hydrogens is 542 g/mol. The first-order chi connectivity index (χ1) is 19.5. The molecule has 1 N–H and O–H groups in total. The number of aryl methyl sites for hydroxylation is 1. The molecule has 0 fully saturated rings. The number of nitrogens with one attached hydrogen (secondary N) is 1. The standard InChI is InChI=1S/C31H39N3O6S/c1-7-27(31(36)32-22(2)3)33(20-24-15-13-23(4)14-16-24)30(35)21-34(25-11-9-8-10-12-25)41(37,38)26-17-18-28(39-5)29(19-26)40-6/h8-19,22,27H,7,20-21H2,1-6H3,(H,32,36)/t27-/m1/s1. The van der Waals surface area contributed by atoms with Crippen molar-refractivity contribution in [1.82, 2.24) is 10.2 Å². The lowest BCUT2D eigenvalue weighted by molar-refractivity contribution is -0.140. The Morgan fingerprint density at radius 2 is 1.54 bits per heavy atom. The Bertz CT molecular complexity index is 1430. The van der Waals surface area contributed by atoms with Crippen LogP contribution in [0.3, 0.4) is 0 Å². The van der Waals surface area contributed by atoms with Crippen LogP contribution in [0.2, 0.25) is 0 Å². The number of hydrogen-bond acceptors (Lipinski definition) is 6. The van der Waals surface area contributed by atoms with Crippen molar-refractivity contribution in [2.24, 2.45) is 0 Å². The Morgan fingerprint density at radius 1 is 0.902 bits per heavy atom. The van der Waals surface area contributed by atoms with Crippen molar-refractivity contribution in [2.75, 3.05) is 25.1 Å². The van der Waals surface area contributed by atoms with Crippen LogP contribution in [0.4, 0.5) is 5.69 Å². The third kappa shape index (κ3) is 7.79. The van der Waals surface area contributed by atoms with E-state index in [9.17, 15) is 18.0 Å². The number of carbonyl (C=O) groups is 2. The zero-order valence-electron chi connectivity index (χ0n) is 24.5. The predicted octanol–water partition coefficient (Wildman–Crippen LogP) is 4.54. The lowest BCUT2D eigenvalue weighted by Crippen LogP contribution is -2.53. The van der Waals surface area contributed by atoms with E-state index in [0.29, 0.717) is 17.9 Å². The lowest BCUT2D eigenvalue weighted by atomic mass is 10.1. The Hall–Kier alpha value is -4.05. The fourth-order valence-electron chi connectivity index (χ4n) is 4.42. The van der Waals surface area contributed by atoms with E-state index in [2.05, 4.69) is 5.32 Å². The second-order valence-corrected chi connectivity index (χ2v) is 11.8. The molecule has 0 radical (unpaired) electrons. The quantitative estimate of drug-likeness (QED) is 0.318. The number of nitrogens with zero attached hydrogens (tertiary/aromatic N) is 2. The molecule has 0 aliphatic carbocycles. The Morgan fingerprint density at radius 3 is 2.10 bits per heavy atom. The Kier molecular flexibility index (Phi) is 10.8. The van der Waals surface area contributed by atoms with E-state index >= 15 is 0 Å². The van der Waals surface area contributed by atoms with E-state index in [4.69, 9.17) is 9.47 Å². The third-order valence-corrected chi connectivity index (χ3v) is 8.33. The van der Waals surface area contributed by atoms with Gasteiger partial charge in [-0.05, 0) is 57.0 Å². The summed E-state index contributed by atoms with van der Waals surface area (Å²) in [5, 5.41) is 2.90. The molecule has 0 bridgehead atoms. The van der Waals surface area contributed by atoms with Gasteiger partial charge in [0.2, 0.25) is 11.8 Å². The van der Waals surface area contributed by atoms with Crippen LogP contribution < -0.4 is 19.1 Å². The molecule has 41 heavy (non-hydrogen) atoms. The minimum Gasteiger partial charge on any atom is -0.493 e. The van der Waals surface area contributed by atoms with Gasteiger partial charge in [0.25, 0.3) is 10.0 Å². The maximum atomic E-state index is 14.1. The van der Waals surface area contributed by atoms with Crippen molar-refractivity contribution >= 4 is 27.5 Å². The van der Waals surface area contributed by atoms with E-state index in [0.717, 1.165) is 15.4 Å². The highest BCUT2D eigenvalue weighted by atomic mass is 32.2. The topological polar surface area (TPSA) is 105 Å². The maximum Gasteiger partial charge on any atom is 0.264 e. The molecule has 3 aromatic carbocycles. The highest BCUT2D eigenvalue weighted by Gasteiger charge is 2.34. The largest absolute Gasteiger partial charge is 0.493 e. The van der Waals surface area contributed by atoms with Gasteiger partial charge in [-0.15, -0.1) is 0 Å². The van der Waals surface area contributed by atoms with Gasteiger partial charge >= 0.3 is 0 Å². The van der Waals surface area contributed by atoms with Crippen LogP contribution >= 0.6 is 0 Å². The highest BCUT2D eigenvalue weighted by Crippen LogP contribution is 2.32. The molecule has 0 saturated carbocycles. The van der Waals surface area contributed by atoms with E-state index in [-0.39, 0.29) is 29.1 Å². The third-order valence-electron chi connectivity index (χ3n) is 6.56. The smallest absolute Gasteiger partial charge is 0.264 e. The fraction of sp³-hybridized carbons (Fsp3) is 0.355. The molecular formula is C31H39N3O6S. The molecule has 2 amide bonds. The molecule has 3 aromatic rings. The maximum absolute atomic E-state index is 14.1. The monoisotopic (exact) mass is 581 g/mol. The van der Waals surface area contributed by atoms with Gasteiger partial charge in [0, 0.05) is 18.7 Å². The number of methoxy groups -OCH3 is 2. The van der Waals surface area contributed by atoms with Crippen molar-refractivity contribution in [2.45, 2.75) is 57.6 Å². The van der Waals surface area contributed by atoms with Crippen molar-refractivity contribution in [3.8, 4) is 11.5 Å². The number of amides is 2. The van der Waals surface area contributed by atoms with Gasteiger partial charge in [-0.2, -0.15) is 0 Å². The summed E-state index contributed by atoms with van der Waals surface area (Å²) in [5.74, 6) is -0.188. The van der Waals surface area contributed by atoms with E-state index < -0.39 is 28.5 Å². The molecule has 0 spiro atoms. The first-order valence-corrected chi connectivity index (χ1v) is 14.9. The molecule has 0 aliphatic rings. The van der Waals surface area contributed by atoms with Gasteiger partial charge in [0.05, 0.1) is 24.8 Å². The van der Waals surface area contributed by atoms with Gasteiger partial charge in [-0.1, -0.05) is 55.0 Å². The van der Waals surface area contributed by atoms with Gasteiger partial charge in [0.15, 0.2) is 11.5 Å². The van der Waals surface area contributed by atoms with Crippen LogP contribution in [0, 0.1) is 6.92 Å². The SMILES string of the molecule is CC[C@H](C(=O)NC(C)C)N(Cc1ccc(C)cc1)C(=O)CN(c1ccccc1)S(=O)(=O)c1ccc(OC)c(OC)c1. The molecule has 3 rings (SSSR count). The number of sulfonamides is 1. The van der Waals surface area contributed by atoms with Crippen molar-refractivity contribution in [1.29, 1.82) is 0 Å². The Balaban J connectivity index is 2.07. The summed E-state index contributed by atoms with van der Waals surface area (Å²) in [7, 11) is -1.36. The first-order valence-electron chi connectivity index (χ1n) is 13.5. The van der Waals surface area contributed by atoms with Crippen LogP contribution in [0.15, 0.2) is 77.7 Å². The summed E-state index contributed by atoms with van der Waals surface area (Å²) in [6.45, 7) is 7.12. The van der Waals surface area contributed by atoms with Crippen LogP contribution in [-0.2, 0) is 26.2 Å². The molecule has 0 unspecified atom stereocenters. The number of anilines is 1. The number of para-hydroxylation sites is 1. The number of benzene rings is 3. The van der Waals surface area contributed by atoms with Gasteiger partial charge < -0.3 is 19.7 Å². The summed E-state index contributed by atoms with van der Waals surface area (Å²) in [6, 6.07) is 19.4. The molecule has 1 atom stereocenters. The number of ether oxygens (including phenoxy) is 2. The first kappa shape index (κ1) is 31.5. The van der Waals surface area contributed by atoms with Crippen molar-refractivity contribution in [3.63, 3.8) is 0 Å². The molecule has 10 heteroatoms. The van der Waals surface area contributed by atoms with Crippen LogP contribution in [-0.4, -0.2) is 58.0 Å². The zero-order valence-corrected chi connectivity index (χ0v) is 25.3. The molecule has 0 aliphatic heterocycles. The molecule has 0 aromatic heterocycles. The molecule has 220 valence electrons. The summed E-state index contributed by atoms with van der Waals surface area (Å²) >= 11 is 0. The zero-order chi connectivity index (χ0) is 30.2. The lowest BCUT2D eigenvalue weighted by Gasteiger charge is -2.33. The molecule has 0 saturated heterocycles. The number of hydrogen-bond donors (Lipinski definition) is 1. The molecule has 0 heterocycles. The van der Waals surface area contributed by atoms with Gasteiger partial charge in [-0.25, -0.2) is 8.42 Å². The Labute approximate surface area is 243 Å². The van der Waals surface area contributed by atoms with Crippen LogP contribution in [0.25, 0.3) is 0 Å². The van der Waals surface area contributed by atoms with Gasteiger partial charge in [-0.3, -0.25) is 13.9 Å². The van der Waals surface area contributed by atoms with Gasteiger partial charge in [0.1, 0.15) is 12.6 Å². The second kappa shape index (κ2) is 14.0. The summed E-state index contributed by atoms with van der Waals surface area (Å²) in [4.78, 5) is 28.7. The normalized spacial score (nSPS) is 12.0. The predicted molar refractivity (Wildman–Crippen MR) is 160 cm³/mol. The van der Waals surface area contributed by atoms with Crippen molar-refractivity contribution in [3.05, 3.63) is 83.9 Å². The van der Waals surface area contributed by atoms with Crippen LogP contribution in [0.5, 0.6) is 11.5 Å². The minimum absolute atomic E-state index is 0.0681. The summed E-state index contributed by atoms with van der Waals surface area (Å²) in [5.41, 5.74) is 2.20. The van der Waals surface area contributed by atoms with E-state index in [1.807, 2.05) is 52.0 Å². The van der Waals surface area contributed by atoms with Crippen molar-refractivity contribution < 1.29 is 27.5 Å². The van der Waals surface area contributed by atoms with E-state index in [1.165, 1.54) is 37.3 Å². The number of carbonyl (C=O) groups excluding carboxylic acids is 2. The number of rotatable bonds is 13. The summed E-state index contributed by atoms with van der Waals surface area (Å²) < 4.78 is 39.8. The highest BCUT2D eigenvalue weighted by molar-refractivity contribution is 7.92. The molecule has 9 nitrogen and oxygen atoms in total. The van der Waals surface area contributed by atoms with Crippen LogP contribution in [0.1, 0.15) is 38.3 Å². The minimum atomic E-state index is -4.24.